The van der Waals surface area contributed by atoms with Gasteiger partial charge in [0.2, 0.25) is 0 Å². The molecule has 2 unspecified atom stereocenters. The highest BCUT2D eigenvalue weighted by molar-refractivity contribution is 14.1. The number of nitrogens with zero attached hydrogens (tertiary/aromatic N) is 3. The van der Waals surface area contributed by atoms with Gasteiger partial charge in [-0.15, -0.1) is 0 Å². The van der Waals surface area contributed by atoms with Gasteiger partial charge in [-0.1, -0.05) is 0 Å². The second-order valence-electron chi connectivity index (χ2n) is 3.91. The van der Waals surface area contributed by atoms with E-state index in [9.17, 15) is 0 Å². The van der Waals surface area contributed by atoms with Gasteiger partial charge in [0.1, 0.15) is 12.1 Å². The van der Waals surface area contributed by atoms with E-state index in [1.807, 2.05) is 13.1 Å². The molecule has 0 bridgehead atoms. The van der Waals surface area contributed by atoms with Crippen molar-refractivity contribution in [1.29, 1.82) is 0 Å². The lowest BCUT2D eigenvalue weighted by molar-refractivity contribution is 0.0273. The number of aromatic nitrogens is 2. The summed E-state index contributed by atoms with van der Waals surface area (Å²) in [5, 5.41) is 0. The number of ether oxygens (including phenoxy) is 1. The maximum Gasteiger partial charge on any atom is 0.145 e. The van der Waals surface area contributed by atoms with E-state index >= 15 is 0 Å². The van der Waals surface area contributed by atoms with E-state index in [2.05, 4.69) is 37.5 Å². The van der Waals surface area contributed by atoms with Crippen molar-refractivity contribution >= 4 is 28.4 Å². The lowest BCUT2D eigenvalue weighted by atomic mass is 10.1. The van der Waals surface area contributed by atoms with Crippen LogP contribution in [0.15, 0.2) is 12.5 Å². The van der Waals surface area contributed by atoms with Crippen LogP contribution in [-0.4, -0.2) is 41.8 Å². The Bertz CT molecular complexity index is 360. The summed E-state index contributed by atoms with van der Waals surface area (Å²) in [6.45, 7) is 4.33. The van der Waals surface area contributed by atoms with Gasteiger partial charge in [0.15, 0.2) is 0 Å². The molecule has 0 saturated carbocycles. The molecular weight excluding hydrogens is 319 g/mol. The quantitative estimate of drug-likeness (QED) is 0.804. The van der Waals surface area contributed by atoms with Gasteiger partial charge in [0, 0.05) is 25.3 Å². The van der Waals surface area contributed by atoms with Gasteiger partial charge in [0.05, 0.1) is 16.3 Å². The van der Waals surface area contributed by atoms with Crippen molar-refractivity contribution in [2.24, 2.45) is 5.73 Å². The van der Waals surface area contributed by atoms with Crippen LogP contribution in [0.3, 0.4) is 0 Å². The standard InChI is InChI=1S/C10H15IN4O/c1-7(12)9-5-15(2-3-16-9)10-8(11)4-13-6-14-10/h4,6-7,9H,2-3,5,12H2,1H3. The predicted molar refractivity (Wildman–Crippen MR) is 70.4 cm³/mol. The third-order valence-electron chi connectivity index (χ3n) is 2.63. The van der Waals surface area contributed by atoms with Gasteiger partial charge in [-0.2, -0.15) is 0 Å². The van der Waals surface area contributed by atoms with Crippen LogP contribution in [-0.2, 0) is 4.74 Å². The summed E-state index contributed by atoms with van der Waals surface area (Å²) in [5.74, 6) is 0.976. The number of hydrogen-bond acceptors (Lipinski definition) is 5. The molecule has 2 N–H and O–H groups in total. The highest BCUT2D eigenvalue weighted by Crippen LogP contribution is 2.21. The lowest BCUT2D eigenvalue weighted by Gasteiger charge is -2.35. The average molecular weight is 334 g/mol. The molecule has 1 aliphatic heterocycles. The Morgan fingerprint density at radius 2 is 2.50 bits per heavy atom. The molecule has 0 radical (unpaired) electrons. The van der Waals surface area contributed by atoms with E-state index < -0.39 is 0 Å². The molecule has 1 aromatic heterocycles. The van der Waals surface area contributed by atoms with Crippen molar-refractivity contribution in [3.8, 4) is 0 Å². The zero-order valence-electron chi connectivity index (χ0n) is 9.14. The number of morpholine rings is 1. The lowest BCUT2D eigenvalue weighted by Crippen LogP contribution is -2.50. The molecule has 2 heterocycles. The minimum atomic E-state index is 0.0438. The van der Waals surface area contributed by atoms with Crippen molar-refractivity contribution in [3.63, 3.8) is 0 Å². The Balaban J connectivity index is 2.13. The second kappa shape index (κ2) is 5.24. The molecule has 2 rings (SSSR count). The normalized spacial score (nSPS) is 23.2. The van der Waals surface area contributed by atoms with Crippen LogP contribution in [0.2, 0.25) is 0 Å². The minimum Gasteiger partial charge on any atom is -0.373 e. The van der Waals surface area contributed by atoms with Gasteiger partial charge >= 0.3 is 0 Å². The Labute approximate surface area is 109 Å². The number of halogens is 1. The summed E-state index contributed by atoms with van der Waals surface area (Å²) < 4.78 is 6.68. The van der Waals surface area contributed by atoms with Gasteiger partial charge in [0.25, 0.3) is 0 Å². The van der Waals surface area contributed by atoms with Crippen molar-refractivity contribution in [2.75, 3.05) is 24.6 Å². The number of anilines is 1. The summed E-state index contributed by atoms with van der Waals surface area (Å²) in [4.78, 5) is 10.5. The Morgan fingerprint density at radius 3 is 3.19 bits per heavy atom. The molecule has 6 heteroatoms. The van der Waals surface area contributed by atoms with Crippen LogP contribution in [0.1, 0.15) is 6.92 Å². The summed E-state index contributed by atoms with van der Waals surface area (Å²) in [6, 6.07) is 0.0438. The molecule has 0 aromatic carbocycles. The third-order valence-corrected chi connectivity index (χ3v) is 3.39. The van der Waals surface area contributed by atoms with Gasteiger partial charge in [-0.05, 0) is 29.5 Å². The minimum absolute atomic E-state index is 0.0438. The van der Waals surface area contributed by atoms with Crippen molar-refractivity contribution in [2.45, 2.75) is 19.1 Å². The topological polar surface area (TPSA) is 64.3 Å². The first-order valence-electron chi connectivity index (χ1n) is 5.26. The molecule has 1 aromatic rings. The average Bonchev–Trinajstić information content (AvgIpc) is 2.30. The first-order valence-corrected chi connectivity index (χ1v) is 6.34. The summed E-state index contributed by atoms with van der Waals surface area (Å²) in [5.41, 5.74) is 5.86. The largest absolute Gasteiger partial charge is 0.373 e. The van der Waals surface area contributed by atoms with Crippen LogP contribution >= 0.6 is 22.6 Å². The summed E-state index contributed by atoms with van der Waals surface area (Å²) >= 11 is 2.25. The first kappa shape index (κ1) is 12.0. The molecule has 1 aliphatic rings. The van der Waals surface area contributed by atoms with Crippen LogP contribution in [0.5, 0.6) is 0 Å². The van der Waals surface area contributed by atoms with Crippen LogP contribution < -0.4 is 10.6 Å². The SMILES string of the molecule is CC(N)C1CN(c2ncncc2I)CCO1. The molecule has 0 aliphatic carbocycles. The molecule has 2 atom stereocenters. The third kappa shape index (κ3) is 2.61. The van der Waals surface area contributed by atoms with E-state index in [4.69, 9.17) is 10.5 Å². The Morgan fingerprint density at radius 1 is 1.69 bits per heavy atom. The van der Waals surface area contributed by atoms with Gasteiger partial charge in [-0.3, -0.25) is 0 Å². The molecular formula is C10H15IN4O. The maximum atomic E-state index is 5.86. The summed E-state index contributed by atoms with van der Waals surface area (Å²) in [7, 11) is 0. The van der Waals surface area contributed by atoms with E-state index in [-0.39, 0.29) is 12.1 Å². The van der Waals surface area contributed by atoms with Crippen molar-refractivity contribution < 1.29 is 4.74 Å². The fraction of sp³-hybridized carbons (Fsp3) is 0.600. The Hall–Kier alpha value is -0.470. The zero-order valence-corrected chi connectivity index (χ0v) is 11.3. The molecule has 0 amide bonds. The number of rotatable bonds is 2. The van der Waals surface area contributed by atoms with Gasteiger partial charge in [-0.25, -0.2) is 9.97 Å². The molecule has 5 nitrogen and oxygen atoms in total. The first-order chi connectivity index (χ1) is 7.68. The highest BCUT2D eigenvalue weighted by Gasteiger charge is 2.25. The van der Waals surface area contributed by atoms with E-state index in [1.165, 1.54) is 0 Å². The van der Waals surface area contributed by atoms with E-state index in [0.717, 1.165) is 22.5 Å². The fourth-order valence-corrected chi connectivity index (χ4v) is 2.37. The van der Waals surface area contributed by atoms with E-state index in [1.54, 1.807) is 6.33 Å². The smallest absolute Gasteiger partial charge is 0.145 e. The fourth-order valence-electron chi connectivity index (χ4n) is 1.72. The monoisotopic (exact) mass is 334 g/mol. The zero-order chi connectivity index (χ0) is 11.5. The maximum absolute atomic E-state index is 5.86. The van der Waals surface area contributed by atoms with Crippen LogP contribution in [0.25, 0.3) is 0 Å². The molecule has 0 spiro atoms. The molecule has 1 fully saturated rings. The van der Waals surface area contributed by atoms with Gasteiger partial charge < -0.3 is 15.4 Å². The number of hydrogen-bond donors (Lipinski definition) is 1. The second-order valence-corrected chi connectivity index (χ2v) is 5.07. The molecule has 16 heavy (non-hydrogen) atoms. The molecule has 1 saturated heterocycles. The summed E-state index contributed by atoms with van der Waals surface area (Å²) in [6.07, 6.45) is 3.48. The van der Waals surface area contributed by atoms with Crippen molar-refractivity contribution in [3.05, 3.63) is 16.1 Å². The highest BCUT2D eigenvalue weighted by atomic mass is 127. The van der Waals surface area contributed by atoms with Crippen molar-refractivity contribution in [1.82, 2.24) is 9.97 Å². The predicted octanol–water partition coefficient (Wildman–Crippen LogP) is 0.634. The van der Waals surface area contributed by atoms with Crippen LogP contribution in [0, 0.1) is 3.57 Å². The molecule has 88 valence electrons. The number of nitrogens with two attached hydrogens (primary N) is 1. The van der Waals surface area contributed by atoms with E-state index in [0.29, 0.717) is 6.61 Å². The Kier molecular flexibility index (Phi) is 3.93. The van der Waals surface area contributed by atoms with Crippen LogP contribution in [0.4, 0.5) is 5.82 Å².